The highest BCUT2D eigenvalue weighted by Crippen LogP contribution is 2.32. The van der Waals surface area contributed by atoms with Gasteiger partial charge in [0.2, 0.25) is 0 Å². The van der Waals surface area contributed by atoms with E-state index >= 15 is 0 Å². The first-order valence-electron chi connectivity index (χ1n) is 8.56. The minimum absolute atomic E-state index is 0.0486. The Kier molecular flexibility index (Phi) is 6.04. The van der Waals surface area contributed by atoms with Crippen LogP contribution in [0.25, 0.3) is 4.72 Å². The molecule has 1 N–H and O–H groups in total. The number of aryl methyl sites for hydroxylation is 1. The van der Waals surface area contributed by atoms with Crippen LogP contribution in [-0.2, 0) is 10.0 Å². The van der Waals surface area contributed by atoms with E-state index in [0.717, 1.165) is 17.7 Å². The number of nitro groups is 1. The first-order valence-corrected chi connectivity index (χ1v) is 10.4. The minimum atomic E-state index is -4.24. The van der Waals surface area contributed by atoms with Crippen molar-refractivity contribution < 1.29 is 18.1 Å². The molecule has 0 aliphatic carbocycles. The molecule has 0 spiro atoms. The molecule has 30 heavy (non-hydrogen) atoms. The molecule has 0 fully saturated rings. The summed E-state index contributed by atoms with van der Waals surface area (Å²) in [7, 11) is -4.24. The maximum absolute atomic E-state index is 12.7. The fourth-order valence-corrected chi connectivity index (χ4v) is 3.74. The lowest BCUT2D eigenvalue weighted by molar-refractivity contribution is -0.384. The van der Waals surface area contributed by atoms with Gasteiger partial charge in [0.25, 0.3) is 11.6 Å². The average molecular weight is 445 g/mol. The Balaban J connectivity index is 1.87. The first kappa shape index (κ1) is 21.3. The van der Waals surface area contributed by atoms with Gasteiger partial charge in [-0.2, -0.15) is 0 Å². The van der Waals surface area contributed by atoms with E-state index < -0.39 is 20.9 Å². The van der Waals surface area contributed by atoms with Gasteiger partial charge in [-0.05, 0) is 37.3 Å². The lowest BCUT2D eigenvalue weighted by Crippen LogP contribution is -2.13. The van der Waals surface area contributed by atoms with Crippen LogP contribution < -0.4 is 5.32 Å². The molecule has 0 unspecified atom stereocenters. The first-order chi connectivity index (χ1) is 14.2. The van der Waals surface area contributed by atoms with Gasteiger partial charge in [-0.3, -0.25) is 14.9 Å². The van der Waals surface area contributed by atoms with Crippen molar-refractivity contribution in [1.29, 1.82) is 0 Å². The monoisotopic (exact) mass is 444 g/mol. The Bertz CT molecular complexity index is 1230. The molecule has 0 aliphatic heterocycles. The fourth-order valence-electron chi connectivity index (χ4n) is 2.53. The van der Waals surface area contributed by atoms with Crippen LogP contribution in [-0.4, -0.2) is 19.2 Å². The van der Waals surface area contributed by atoms with Gasteiger partial charge in [-0.15, -0.1) is 5.69 Å². The van der Waals surface area contributed by atoms with Crippen LogP contribution in [0, 0.1) is 17.0 Å². The molecule has 3 aromatic carbocycles. The maximum Gasteiger partial charge on any atom is 0.268 e. The smallest absolute Gasteiger partial charge is 0.268 e. The highest BCUT2D eigenvalue weighted by molar-refractivity contribution is 7.94. The normalized spacial score (nSPS) is 11.0. The highest BCUT2D eigenvalue weighted by atomic mass is 35.5. The molecule has 0 heterocycles. The van der Waals surface area contributed by atoms with Crippen LogP contribution in [0.2, 0.25) is 5.02 Å². The summed E-state index contributed by atoms with van der Waals surface area (Å²) in [6.07, 6.45) is 0. The largest absolute Gasteiger partial charge is 0.573 e. The number of benzene rings is 3. The van der Waals surface area contributed by atoms with E-state index in [2.05, 4.69) is 10.0 Å². The number of nitrogens with one attached hydrogen (secondary N) is 1. The third-order valence-electron chi connectivity index (χ3n) is 4.06. The molecule has 3 rings (SSSR count). The summed E-state index contributed by atoms with van der Waals surface area (Å²) in [5.41, 5.74) is 1.09. The lowest BCUT2D eigenvalue weighted by Gasteiger charge is -2.22. The van der Waals surface area contributed by atoms with Crippen molar-refractivity contribution >= 4 is 44.6 Å². The highest BCUT2D eigenvalue weighted by Gasteiger charge is 2.15. The summed E-state index contributed by atoms with van der Waals surface area (Å²) in [6.45, 7) is 1.90. The third kappa shape index (κ3) is 4.94. The molecule has 0 saturated carbocycles. The van der Waals surface area contributed by atoms with E-state index in [1.165, 1.54) is 30.3 Å². The Morgan fingerprint density at radius 2 is 1.77 bits per heavy atom. The number of anilines is 1. The van der Waals surface area contributed by atoms with Crippen molar-refractivity contribution in [1.82, 2.24) is 0 Å². The van der Waals surface area contributed by atoms with Crippen LogP contribution in [0.3, 0.4) is 0 Å². The second kappa shape index (κ2) is 8.52. The van der Waals surface area contributed by atoms with Gasteiger partial charge in [0.1, 0.15) is 10.0 Å². The van der Waals surface area contributed by atoms with Gasteiger partial charge in [-0.25, -0.2) is 8.42 Å². The molecule has 0 saturated heterocycles. The summed E-state index contributed by atoms with van der Waals surface area (Å²) in [5.74, 6) is -0.587. The van der Waals surface area contributed by atoms with E-state index in [9.17, 15) is 23.3 Å². The number of hydrogen-bond donors (Lipinski definition) is 1. The van der Waals surface area contributed by atoms with E-state index in [1.807, 2.05) is 19.1 Å². The summed E-state index contributed by atoms with van der Waals surface area (Å²) in [4.78, 5) is 22.5. The van der Waals surface area contributed by atoms with Gasteiger partial charge < -0.3 is 10.0 Å². The minimum Gasteiger partial charge on any atom is -0.573 e. The van der Waals surface area contributed by atoms with Crippen molar-refractivity contribution in [3.05, 3.63) is 97.7 Å². The number of halogens is 1. The summed E-state index contributed by atoms with van der Waals surface area (Å²) in [5, 5.41) is 13.6. The molecule has 0 atom stereocenters. The number of rotatable bonds is 6. The van der Waals surface area contributed by atoms with E-state index in [-0.39, 0.29) is 26.9 Å². The number of amides is 1. The number of sulfonamides is 1. The molecule has 0 aromatic heterocycles. The second-order valence-corrected chi connectivity index (χ2v) is 8.32. The van der Waals surface area contributed by atoms with E-state index in [4.69, 9.17) is 11.6 Å². The molecule has 1 amide bonds. The predicted molar refractivity (Wildman–Crippen MR) is 114 cm³/mol. The van der Waals surface area contributed by atoms with Crippen molar-refractivity contribution in [2.24, 2.45) is 0 Å². The van der Waals surface area contributed by atoms with Gasteiger partial charge in [0, 0.05) is 17.8 Å². The molecule has 0 aliphatic rings. The van der Waals surface area contributed by atoms with Crippen molar-refractivity contribution in [2.75, 3.05) is 5.32 Å². The lowest BCUT2D eigenvalue weighted by atomic mass is 10.2. The fraction of sp³-hybridized carbons (Fsp3) is 0.0500. The number of nitro benzene ring substituents is 1. The Morgan fingerprint density at radius 3 is 2.43 bits per heavy atom. The van der Waals surface area contributed by atoms with E-state index in [0.29, 0.717) is 5.69 Å². The van der Waals surface area contributed by atoms with Gasteiger partial charge >= 0.3 is 0 Å². The van der Waals surface area contributed by atoms with Gasteiger partial charge in [-0.1, -0.05) is 41.4 Å². The molecular formula is C20H15ClN3O5S-. The van der Waals surface area contributed by atoms with E-state index in [1.54, 1.807) is 12.1 Å². The molecular weight excluding hydrogens is 430 g/mol. The van der Waals surface area contributed by atoms with Crippen LogP contribution in [0.5, 0.6) is 0 Å². The zero-order valence-corrected chi connectivity index (χ0v) is 17.1. The van der Waals surface area contributed by atoms with Crippen molar-refractivity contribution in [3.8, 4) is 0 Å². The maximum atomic E-state index is 12.7. The molecule has 0 radical (unpaired) electrons. The number of carbonyl (C=O) groups excluding carboxylic acids is 1. The summed E-state index contributed by atoms with van der Waals surface area (Å²) < 4.78 is 28.9. The van der Waals surface area contributed by atoms with Gasteiger partial charge in [0.05, 0.1) is 20.4 Å². The van der Waals surface area contributed by atoms with Crippen LogP contribution >= 0.6 is 11.6 Å². The standard InChI is InChI=1S/C20H15ClN3O5S/c1-13-5-7-14(8-6-13)22-20(25)18-12-17(9-10-19(18)21)30(28,29)23-15-3-2-4-16(11-15)24(26)27/h2-12H,1H3,(H,22,25)/q-1. The summed E-state index contributed by atoms with van der Waals surface area (Å²) in [6, 6.07) is 15.6. The van der Waals surface area contributed by atoms with Crippen molar-refractivity contribution in [3.63, 3.8) is 0 Å². The second-order valence-electron chi connectivity index (χ2n) is 6.31. The van der Waals surface area contributed by atoms with Crippen LogP contribution in [0.1, 0.15) is 15.9 Å². The Labute approximate surface area is 177 Å². The van der Waals surface area contributed by atoms with Crippen LogP contribution in [0.15, 0.2) is 71.6 Å². The number of non-ortho nitro benzene ring substituents is 1. The van der Waals surface area contributed by atoms with Gasteiger partial charge in [0.15, 0.2) is 0 Å². The Morgan fingerprint density at radius 1 is 1.07 bits per heavy atom. The van der Waals surface area contributed by atoms with Crippen molar-refractivity contribution in [2.45, 2.75) is 11.8 Å². The quantitative estimate of drug-likeness (QED) is 0.413. The van der Waals surface area contributed by atoms with Crippen LogP contribution in [0.4, 0.5) is 17.1 Å². The molecule has 0 bridgehead atoms. The number of carbonyl (C=O) groups is 1. The summed E-state index contributed by atoms with van der Waals surface area (Å²) >= 11 is 6.09. The zero-order chi connectivity index (χ0) is 21.9. The molecule has 10 heteroatoms. The zero-order valence-electron chi connectivity index (χ0n) is 15.6. The SMILES string of the molecule is Cc1ccc(NC(=O)c2cc(S(=O)(=O)[N-]c3cccc([N+](=O)[O-])c3)ccc2Cl)cc1. The molecule has 154 valence electrons. The predicted octanol–water partition coefficient (Wildman–Crippen LogP) is 5.20. The third-order valence-corrected chi connectivity index (χ3v) is 5.69. The molecule has 8 nitrogen and oxygen atoms in total. The topological polar surface area (TPSA) is 120 Å². The number of hydrogen-bond acceptors (Lipinski definition) is 5. The molecule has 3 aromatic rings. The Hall–Kier alpha value is -3.43. The average Bonchev–Trinajstić information content (AvgIpc) is 2.69. The number of nitrogens with zero attached hydrogens (tertiary/aromatic N) is 2.